The molecular formula is C13H13ClN2O. The normalized spacial score (nSPS) is 16.8. The molecule has 1 aliphatic rings. The number of nitrogens with zero attached hydrogens (tertiary/aromatic N) is 2. The van der Waals surface area contributed by atoms with Crippen LogP contribution in [0.4, 0.5) is 6.01 Å². The zero-order valence-electron chi connectivity index (χ0n) is 9.45. The molecule has 0 amide bonds. The Labute approximate surface area is 105 Å². The summed E-state index contributed by atoms with van der Waals surface area (Å²) in [5.74, 6) is 0. The molecule has 1 fully saturated rings. The van der Waals surface area contributed by atoms with Gasteiger partial charge in [-0.05, 0) is 25.0 Å². The molecule has 2 aromatic rings. The van der Waals surface area contributed by atoms with Crippen LogP contribution in [-0.2, 0) is 0 Å². The van der Waals surface area contributed by atoms with Crippen molar-refractivity contribution in [1.82, 2.24) is 4.98 Å². The third-order valence-corrected chi connectivity index (χ3v) is 3.32. The SMILES string of the molecule is C=C1CCN(c2nc3ccc(Cl)cc3o2)CC1. The van der Waals surface area contributed by atoms with Crippen LogP contribution in [-0.4, -0.2) is 18.1 Å². The molecule has 2 heterocycles. The van der Waals surface area contributed by atoms with E-state index < -0.39 is 0 Å². The summed E-state index contributed by atoms with van der Waals surface area (Å²) in [4.78, 5) is 6.63. The quantitative estimate of drug-likeness (QED) is 0.722. The van der Waals surface area contributed by atoms with Gasteiger partial charge in [0, 0.05) is 24.2 Å². The van der Waals surface area contributed by atoms with E-state index in [9.17, 15) is 0 Å². The van der Waals surface area contributed by atoms with Gasteiger partial charge in [-0.2, -0.15) is 4.98 Å². The van der Waals surface area contributed by atoms with Gasteiger partial charge in [0.15, 0.2) is 5.58 Å². The first-order valence-corrected chi connectivity index (χ1v) is 6.08. The highest BCUT2D eigenvalue weighted by atomic mass is 35.5. The van der Waals surface area contributed by atoms with E-state index in [0.717, 1.165) is 37.0 Å². The van der Waals surface area contributed by atoms with E-state index in [2.05, 4.69) is 16.5 Å². The van der Waals surface area contributed by atoms with Crippen molar-refractivity contribution in [3.8, 4) is 0 Å². The van der Waals surface area contributed by atoms with Gasteiger partial charge >= 0.3 is 0 Å². The van der Waals surface area contributed by atoms with E-state index >= 15 is 0 Å². The van der Waals surface area contributed by atoms with E-state index in [0.29, 0.717) is 11.0 Å². The Kier molecular flexibility index (Phi) is 2.56. The van der Waals surface area contributed by atoms with Gasteiger partial charge in [0.2, 0.25) is 0 Å². The second-order valence-electron chi connectivity index (χ2n) is 4.35. The fourth-order valence-corrected chi connectivity index (χ4v) is 2.20. The van der Waals surface area contributed by atoms with Gasteiger partial charge in [-0.25, -0.2) is 0 Å². The number of hydrogen-bond donors (Lipinski definition) is 0. The Hall–Kier alpha value is -1.48. The maximum atomic E-state index is 5.92. The van der Waals surface area contributed by atoms with E-state index in [4.69, 9.17) is 16.0 Å². The predicted octanol–water partition coefficient (Wildman–Crippen LogP) is 3.64. The van der Waals surface area contributed by atoms with Crippen LogP contribution in [0.1, 0.15) is 12.8 Å². The summed E-state index contributed by atoms with van der Waals surface area (Å²) in [5.41, 5.74) is 2.91. The molecule has 0 aliphatic carbocycles. The van der Waals surface area contributed by atoms with Gasteiger partial charge in [0.05, 0.1) is 0 Å². The third-order valence-electron chi connectivity index (χ3n) is 3.08. The fourth-order valence-electron chi connectivity index (χ4n) is 2.04. The molecule has 0 unspecified atom stereocenters. The maximum absolute atomic E-state index is 5.92. The van der Waals surface area contributed by atoms with Gasteiger partial charge < -0.3 is 9.32 Å². The Bertz CT molecular complexity index is 566. The van der Waals surface area contributed by atoms with E-state index in [-0.39, 0.29) is 0 Å². The second kappa shape index (κ2) is 4.08. The van der Waals surface area contributed by atoms with Crippen LogP contribution in [0.2, 0.25) is 5.02 Å². The summed E-state index contributed by atoms with van der Waals surface area (Å²) in [6.45, 7) is 5.86. The van der Waals surface area contributed by atoms with Crippen LogP contribution in [0.25, 0.3) is 11.1 Å². The summed E-state index contributed by atoms with van der Waals surface area (Å²) in [5, 5.41) is 0.673. The lowest BCUT2D eigenvalue weighted by molar-refractivity contribution is 0.548. The third kappa shape index (κ3) is 2.03. The van der Waals surface area contributed by atoms with Crippen molar-refractivity contribution in [3.63, 3.8) is 0 Å². The van der Waals surface area contributed by atoms with Gasteiger partial charge in [-0.3, -0.25) is 0 Å². The molecule has 4 heteroatoms. The molecule has 0 atom stereocenters. The monoisotopic (exact) mass is 248 g/mol. The lowest BCUT2D eigenvalue weighted by Gasteiger charge is -2.26. The summed E-state index contributed by atoms with van der Waals surface area (Å²) in [7, 11) is 0. The van der Waals surface area contributed by atoms with Crippen LogP contribution in [0.5, 0.6) is 0 Å². The Morgan fingerprint density at radius 3 is 2.82 bits per heavy atom. The average molecular weight is 249 g/mol. The highest BCUT2D eigenvalue weighted by Gasteiger charge is 2.18. The summed E-state index contributed by atoms with van der Waals surface area (Å²) in [6, 6.07) is 6.20. The predicted molar refractivity (Wildman–Crippen MR) is 69.6 cm³/mol. The van der Waals surface area contributed by atoms with Gasteiger partial charge in [-0.1, -0.05) is 23.8 Å². The molecule has 1 aliphatic heterocycles. The number of halogens is 1. The zero-order chi connectivity index (χ0) is 11.8. The van der Waals surface area contributed by atoms with Crippen molar-refractivity contribution in [3.05, 3.63) is 35.4 Å². The van der Waals surface area contributed by atoms with E-state index in [1.807, 2.05) is 12.1 Å². The first-order chi connectivity index (χ1) is 8.22. The number of piperidine rings is 1. The molecule has 0 saturated carbocycles. The molecule has 3 nitrogen and oxygen atoms in total. The fraction of sp³-hybridized carbons (Fsp3) is 0.308. The van der Waals surface area contributed by atoms with Crippen molar-refractivity contribution < 1.29 is 4.42 Å². The average Bonchev–Trinajstić information content (AvgIpc) is 2.72. The zero-order valence-corrected chi connectivity index (χ0v) is 10.2. The number of aromatic nitrogens is 1. The highest BCUT2D eigenvalue weighted by Crippen LogP contribution is 2.27. The molecule has 0 radical (unpaired) electrons. The van der Waals surface area contributed by atoms with Crippen molar-refractivity contribution in [2.45, 2.75) is 12.8 Å². The van der Waals surface area contributed by atoms with Crippen LogP contribution >= 0.6 is 11.6 Å². The summed E-state index contributed by atoms with van der Waals surface area (Å²) in [6.07, 6.45) is 2.03. The largest absolute Gasteiger partial charge is 0.423 e. The smallest absolute Gasteiger partial charge is 0.298 e. The first-order valence-electron chi connectivity index (χ1n) is 5.70. The van der Waals surface area contributed by atoms with Crippen molar-refractivity contribution >= 4 is 28.7 Å². The minimum absolute atomic E-state index is 0.673. The van der Waals surface area contributed by atoms with Crippen LogP contribution in [0.15, 0.2) is 34.8 Å². The highest BCUT2D eigenvalue weighted by molar-refractivity contribution is 6.31. The minimum Gasteiger partial charge on any atom is -0.423 e. The molecule has 1 saturated heterocycles. The first kappa shape index (κ1) is 10.7. The van der Waals surface area contributed by atoms with Gasteiger partial charge in [-0.15, -0.1) is 0 Å². The Morgan fingerprint density at radius 1 is 1.29 bits per heavy atom. The molecule has 0 N–H and O–H groups in total. The summed E-state index contributed by atoms with van der Waals surface area (Å²) < 4.78 is 5.72. The number of hydrogen-bond acceptors (Lipinski definition) is 3. The van der Waals surface area contributed by atoms with E-state index in [1.165, 1.54) is 5.57 Å². The molecule has 17 heavy (non-hydrogen) atoms. The van der Waals surface area contributed by atoms with Crippen LogP contribution in [0, 0.1) is 0 Å². The molecule has 1 aromatic heterocycles. The summed E-state index contributed by atoms with van der Waals surface area (Å²) >= 11 is 5.92. The Balaban J connectivity index is 1.92. The molecule has 3 rings (SSSR count). The molecule has 0 bridgehead atoms. The standard InChI is InChI=1S/C13H13ClN2O/c1-9-4-6-16(7-5-9)13-15-11-3-2-10(14)8-12(11)17-13/h2-3,8H,1,4-7H2. The van der Waals surface area contributed by atoms with Crippen LogP contribution in [0.3, 0.4) is 0 Å². The molecule has 0 spiro atoms. The number of oxazole rings is 1. The minimum atomic E-state index is 0.673. The molecule has 1 aromatic carbocycles. The van der Waals surface area contributed by atoms with Crippen LogP contribution < -0.4 is 4.90 Å². The lowest BCUT2D eigenvalue weighted by atomic mass is 10.1. The van der Waals surface area contributed by atoms with Gasteiger partial charge in [0.25, 0.3) is 6.01 Å². The number of rotatable bonds is 1. The Morgan fingerprint density at radius 2 is 2.06 bits per heavy atom. The van der Waals surface area contributed by atoms with Gasteiger partial charge in [0.1, 0.15) is 5.52 Å². The second-order valence-corrected chi connectivity index (χ2v) is 4.78. The molecule has 88 valence electrons. The van der Waals surface area contributed by atoms with E-state index in [1.54, 1.807) is 6.07 Å². The number of benzene rings is 1. The van der Waals surface area contributed by atoms with Crippen molar-refractivity contribution in [1.29, 1.82) is 0 Å². The maximum Gasteiger partial charge on any atom is 0.298 e. The molecular weight excluding hydrogens is 236 g/mol. The lowest BCUT2D eigenvalue weighted by Crippen LogP contribution is -2.30. The topological polar surface area (TPSA) is 29.3 Å². The number of fused-ring (bicyclic) bond motifs is 1. The number of anilines is 1. The van der Waals surface area contributed by atoms with Crippen molar-refractivity contribution in [2.24, 2.45) is 0 Å². The van der Waals surface area contributed by atoms with Crippen molar-refractivity contribution in [2.75, 3.05) is 18.0 Å².